The first-order valence-corrected chi connectivity index (χ1v) is 2.28. The zero-order valence-electron chi connectivity index (χ0n) is 5.05. The van der Waals surface area contributed by atoms with Crippen LogP contribution in [-0.2, 0) is 6.18 Å². The second-order valence-corrected chi connectivity index (χ2v) is 1.58. The van der Waals surface area contributed by atoms with Crippen LogP contribution in [0.5, 0.6) is 0 Å². The van der Waals surface area contributed by atoms with Crippen molar-refractivity contribution in [1.82, 2.24) is 4.98 Å². The molecule has 1 aromatic heterocycles. The van der Waals surface area contributed by atoms with E-state index in [-0.39, 0.29) is 18.2 Å². The molecule has 7 heteroatoms. The Bertz CT molecular complexity index is 233. The van der Waals surface area contributed by atoms with Gasteiger partial charge < -0.3 is 10.2 Å². The quantitative estimate of drug-likeness (QED) is 0.674. The summed E-state index contributed by atoms with van der Waals surface area (Å²) in [5, 5.41) is 0. The molecule has 0 fully saturated rings. The number of aromatic nitrogens is 1. The van der Waals surface area contributed by atoms with E-state index in [4.69, 9.17) is 5.73 Å². The molecule has 2 N–H and O–H groups in total. The zero-order valence-corrected chi connectivity index (χ0v) is 5.87. The van der Waals surface area contributed by atoms with Gasteiger partial charge in [-0.25, -0.2) is 0 Å². The number of alkyl halides is 3. The Morgan fingerprint density at radius 3 is 2.18 bits per heavy atom. The molecule has 0 spiro atoms. The molecular formula is C4H4ClF3N2O. The summed E-state index contributed by atoms with van der Waals surface area (Å²) in [6.07, 6.45) is -3.81. The zero-order chi connectivity index (χ0) is 7.78. The molecule has 0 aliphatic heterocycles. The lowest BCUT2D eigenvalue weighted by Crippen LogP contribution is -2.05. The molecule has 0 aliphatic carbocycles. The number of rotatable bonds is 0. The number of hydrogen-bond acceptors (Lipinski definition) is 3. The maximum atomic E-state index is 11.6. The van der Waals surface area contributed by atoms with Gasteiger partial charge in [-0.1, -0.05) is 0 Å². The minimum atomic E-state index is -4.54. The third-order valence-corrected chi connectivity index (χ3v) is 0.764. The van der Waals surface area contributed by atoms with Crippen LogP contribution in [-0.4, -0.2) is 4.98 Å². The summed E-state index contributed by atoms with van der Waals surface area (Å²) in [6, 6.07) is 0. The molecule has 0 saturated carbocycles. The van der Waals surface area contributed by atoms with Crippen LogP contribution in [0.15, 0.2) is 10.7 Å². The summed E-state index contributed by atoms with van der Waals surface area (Å²) in [6.45, 7) is 0. The van der Waals surface area contributed by atoms with Crippen LogP contribution in [0.1, 0.15) is 5.89 Å². The Labute approximate surface area is 65.8 Å². The maximum absolute atomic E-state index is 11.6. The van der Waals surface area contributed by atoms with Crippen LogP contribution in [0.25, 0.3) is 0 Å². The smallest absolute Gasteiger partial charge is 0.439 e. The SMILES string of the molecule is Cl.Nc1coc(C(F)(F)F)n1. The van der Waals surface area contributed by atoms with Crippen molar-refractivity contribution < 1.29 is 17.6 Å². The van der Waals surface area contributed by atoms with Crippen LogP contribution in [0, 0.1) is 0 Å². The highest BCUT2D eigenvalue weighted by molar-refractivity contribution is 5.85. The molecule has 0 aliphatic rings. The molecule has 1 heterocycles. The number of nitrogens with two attached hydrogens (primary N) is 1. The standard InChI is InChI=1S/C4H3F3N2O.ClH/c5-4(6,7)3-9-2(8)1-10-3;/h1H,8H2;1H. The van der Waals surface area contributed by atoms with Gasteiger partial charge in [-0.15, -0.1) is 12.4 Å². The summed E-state index contributed by atoms with van der Waals surface area (Å²) < 4.78 is 38.7. The fourth-order valence-corrected chi connectivity index (χ4v) is 0.416. The van der Waals surface area contributed by atoms with Gasteiger partial charge in [-0.05, 0) is 0 Å². The predicted octanol–water partition coefficient (Wildman–Crippen LogP) is 1.70. The fraction of sp³-hybridized carbons (Fsp3) is 0.250. The Morgan fingerprint density at radius 2 is 2.00 bits per heavy atom. The largest absolute Gasteiger partial charge is 0.469 e. The van der Waals surface area contributed by atoms with E-state index in [1.807, 2.05) is 0 Å². The van der Waals surface area contributed by atoms with Crippen LogP contribution in [0.3, 0.4) is 0 Å². The van der Waals surface area contributed by atoms with Gasteiger partial charge in [0, 0.05) is 0 Å². The van der Waals surface area contributed by atoms with Gasteiger partial charge >= 0.3 is 12.1 Å². The maximum Gasteiger partial charge on any atom is 0.469 e. The molecule has 64 valence electrons. The number of nitrogens with zero attached hydrogens (tertiary/aromatic N) is 1. The van der Waals surface area contributed by atoms with Crippen molar-refractivity contribution in [3.8, 4) is 0 Å². The van der Waals surface area contributed by atoms with Crippen molar-refractivity contribution in [3.05, 3.63) is 12.2 Å². The first-order chi connectivity index (χ1) is 4.50. The van der Waals surface area contributed by atoms with Crippen LogP contribution in [0.4, 0.5) is 19.0 Å². The summed E-state index contributed by atoms with van der Waals surface area (Å²) in [4.78, 5) is 2.87. The second kappa shape index (κ2) is 3.00. The first kappa shape index (κ1) is 10.1. The normalized spacial score (nSPS) is 10.8. The van der Waals surface area contributed by atoms with Gasteiger partial charge in [-0.2, -0.15) is 18.2 Å². The van der Waals surface area contributed by atoms with E-state index < -0.39 is 12.1 Å². The highest BCUT2D eigenvalue weighted by Gasteiger charge is 2.36. The predicted molar refractivity (Wildman–Crippen MR) is 33.2 cm³/mol. The molecule has 11 heavy (non-hydrogen) atoms. The average Bonchev–Trinajstić information content (AvgIpc) is 2.11. The number of nitrogen functional groups attached to an aromatic ring is 1. The molecular weight excluding hydrogens is 185 g/mol. The van der Waals surface area contributed by atoms with Gasteiger partial charge in [0.25, 0.3) is 0 Å². The number of hydrogen-bond donors (Lipinski definition) is 1. The van der Waals surface area contributed by atoms with E-state index in [1.54, 1.807) is 0 Å². The van der Waals surface area contributed by atoms with E-state index in [0.29, 0.717) is 0 Å². The summed E-state index contributed by atoms with van der Waals surface area (Å²) in [7, 11) is 0. The van der Waals surface area contributed by atoms with Gasteiger partial charge in [0.2, 0.25) is 0 Å². The molecule has 0 bridgehead atoms. The number of oxazole rings is 1. The first-order valence-electron chi connectivity index (χ1n) is 2.28. The summed E-state index contributed by atoms with van der Waals surface area (Å²) >= 11 is 0. The van der Waals surface area contributed by atoms with Crippen molar-refractivity contribution in [3.63, 3.8) is 0 Å². The average molecular weight is 189 g/mol. The molecule has 0 atom stereocenters. The lowest BCUT2D eigenvalue weighted by atomic mass is 10.6. The fourth-order valence-electron chi connectivity index (χ4n) is 0.416. The van der Waals surface area contributed by atoms with Crippen LogP contribution < -0.4 is 5.73 Å². The van der Waals surface area contributed by atoms with Crippen molar-refractivity contribution in [2.24, 2.45) is 0 Å². The van der Waals surface area contributed by atoms with E-state index in [0.717, 1.165) is 6.26 Å². The van der Waals surface area contributed by atoms with Gasteiger partial charge in [0.05, 0.1) is 0 Å². The van der Waals surface area contributed by atoms with E-state index in [1.165, 1.54) is 0 Å². The summed E-state index contributed by atoms with van der Waals surface area (Å²) in [5.41, 5.74) is 4.87. The molecule has 0 radical (unpaired) electrons. The Kier molecular flexibility index (Phi) is 2.75. The van der Waals surface area contributed by atoms with Crippen molar-refractivity contribution in [1.29, 1.82) is 0 Å². The molecule has 0 aromatic carbocycles. The van der Waals surface area contributed by atoms with E-state index in [9.17, 15) is 13.2 Å². The molecule has 0 unspecified atom stereocenters. The molecule has 0 saturated heterocycles. The third-order valence-electron chi connectivity index (χ3n) is 0.764. The van der Waals surface area contributed by atoms with Crippen LogP contribution >= 0.6 is 12.4 Å². The lowest BCUT2D eigenvalue weighted by Gasteiger charge is -1.96. The van der Waals surface area contributed by atoms with Gasteiger partial charge in [0.1, 0.15) is 6.26 Å². The van der Waals surface area contributed by atoms with Gasteiger partial charge in [-0.3, -0.25) is 0 Å². The van der Waals surface area contributed by atoms with Crippen molar-refractivity contribution >= 4 is 18.2 Å². The monoisotopic (exact) mass is 188 g/mol. The highest BCUT2D eigenvalue weighted by atomic mass is 35.5. The van der Waals surface area contributed by atoms with E-state index >= 15 is 0 Å². The van der Waals surface area contributed by atoms with Gasteiger partial charge in [0.15, 0.2) is 5.82 Å². The topological polar surface area (TPSA) is 52.0 Å². The Balaban J connectivity index is 0.000001000. The van der Waals surface area contributed by atoms with Crippen molar-refractivity contribution in [2.45, 2.75) is 6.18 Å². The number of halogens is 4. The molecule has 1 rings (SSSR count). The number of anilines is 1. The molecule has 3 nitrogen and oxygen atoms in total. The second-order valence-electron chi connectivity index (χ2n) is 1.58. The van der Waals surface area contributed by atoms with Crippen LogP contribution in [0.2, 0.25) is 0 Å². The highest BCUT2D eigenvalue weighted by Crippen LogP contribution is 2.28. The molecule has 0 amide bonds. The third kappa shape index (κ3) is 2.30. The van der Waals surface area contributed by atoms with Crippen molar-refractivity contribution in [2.75, 3.05) is 5.73 Å². The van der Waals surface area contributed by atoms with E-state index in [2.05, 4.69) is 9.40 Å². The molecule has 1 aromatic rings. The Hall–Kier alpha value is -0.910. The summed E-state index contributed by atoms with van der Waals surface area (Å²) in [5.74, 6) is -1.59. The lowest BCUT2D eigenvalue weighted by molar-refractivity contribution is -0.157. The minimum Gasteiger partial charge on any atom is -0.439 e. The Morgan fingerprint density at radius 1 is 1.45 bits per heavy atom. The minimum absolute atomic E-state index is 0.